The highest BCUT2D eigenvalue weighted by atomic mass is 35.5. The lowest BCUT2D eigenvalue weighted by Crippen LogP contribution is -2.40. The van der Waals surface area contributed by atoms with Crippen LogP contribution in [0, 0.1) is 6.92 Å². The molecule has 0 bridgehead atoms. The summed E-state index contributed by atoms with van der Waals surface area (Å²) in [5.74, 6) is -3.08. The lowest BCUT2D eigenvalue weighted by atomic mass is 10.0. The van der Waals surface area contributed by atoms with Gasteiger partial charge in [-0.15, -0.1) is 0 Å². The minimum atomic E-state index is -2.93. The number of rotatable bonds is 4. The lowest BCUT2D eigenvalue weighted by Gasteiger charge is -2.27. The molecule has 4 nitrogen and oxygen atoms in total. The van der Waals surface area contributed by atoms with Crippen molar-refractivity contribution < 1.29 is 18.3 Å². The predicted octanol–water partition coefficient (Wildman–Crippen LogP) is 5.97. The number of benzene rings is 2. The Hall–Kier alpha value is -2.15. The Kier molecular flexibility index (Phi) is 6.23. The monoisotopic (exact) mass is 480 g/mol. The largest absolute Gasteiger partial charge is 0.378 e. The van der Waals surface area contributed by atoms with Crippen LogP contribution in [0.4, 0.5) is 8.78 Å². The molecule has 1 aliphatic heterocycles. The molecule has 4 rings (SSSR count). The van der Waals surface area contributed by atoms with Gasteiger partial charge < -0.3 is 14.2 Å². The molecule has 0 saturated carbocycles. The van der Waals surface area contributed by atoms with E-state index in [0.717, 1.165) is 23.6 Å². The van der Waals surface area contributed by atoms with E-state index in [2.05, 4.69) is 0 Å². The Bertz CT molecular complexity index is 1200. The van der Waals surface area contributed by atoms with E-state index in [0.29, 0.717) is 59.4 Å². The van der Waals surface area contributed by atoms with Crippen LogP contribution >= 0.6 is 23.2 Å². The number of nitrogens with zero attached hydrogens (tertiary/aromatic N) is 2. The summed E-state index contributed by atoms with van der Waals surface area (Å²) in [7, 11) is 1.83. The number of fused-ring (bicyclic) bond motifs is 1. The fourth-order valence-electron chi connectivity index (χ4n) is 4.13. The SMILES string of the molecule is Cc1cc(C(C)(F)F)cc2c1cc(Cc1c(Cl)ccc(C(=O)N3CCOCC3)c1Cl)n2C. The van der Waals surface area contributed by atoms with Crippen molar-refractivity contribution in [1.29, 1.82) is 0 Å². The van der Waals surface area contributed by atoms with Gasteiger partial charge in [-0.3, -0.25) is 4.79 Å². The van der Waals surface area contributed by atoms with E-state index < -0.39 is 5.92 Å². The van der Waals surface area contributed by atoms with Gasteiger partial charge in [-0.1, -0.05) is 23.2 Å². The number of ether oxygens (including phenoxy) is 1. The molecule has 0 unspecified atom stereocenters. The number of hydrogen-bond donors (Lipinski definition) is 0. The van der Waals surface area contributed by atoms with Gasteiger partial charge in [-0.2, -0.15) is 0 Å². The third-order valence-electron chi connectivity index (χ3n) is 6.05. The molecule has 0 radical (unpaired) electrons. The molecule has 1 fully saturated rings. The molecule has 1 aliphatic rings. The maximum Gasteiger partial charge on any atom is 0.270 e. The quantitative estimate of drug-likeness (QED) is 0.461. The molecule has 3 aromatic rings. The molecular formula is C24H24Cl2F2N2O2. The zero-order valence-electron chi connectivity index (χ0n) is 18.1. The number of aromatic nitrogens is 1. The van der Waals surface area contributed by atoms with Crippen molar-refractivity contribution in [1.82, 2.24) is 9.47 Å². The first-order valence-corrected chi connectivity index (χ1v) is 11.1. The van der Waals surface area contributed by atoms with Crippen LogP contribution in [0.1, 0.15) is 39.7 Å². The molecule has 1 aromatic heterocycles. The minimum Gasteiger partial charge on any atom is -0.378 e. The highest BCUT2D eigenvalue weighted by Crippen LogP contribution is 2.35. The number of morpholine rings is 1. The van der Waals surface area contributed by atoms with Gasteiger partial charge in [0.1, 0.15) is 0 Å². The van der Waals surface area contributed by atoms with Crippen LogP contribution in [0.25, 0.3) is 10.9 Å². The van der Waals surface area contributed by atoms with Crippen LogP contribution in [0.5, 0.6) is 0 Å². The summed E-state index contributed by atoms with van der Waals surface area (Å²) in [5, 5.41) is 1.66. The molecule has 2 aromatic carbocycles. The average Bonchev–Trinajstić information content (AvgIpc) is 3.07. The third kappa shape index (κ3) is 4.24. The van der Waals surface area contributed by atoms with Crippen molar-refractivity contribution in [3.05, 3.63) is 68.3 Å². The molecule has 8 heteroatoms. The summed E-state index contributed by atoms with van der Waals surface area (Å²) in [6.07, 6.45) is 0.365. The van der Waals surface area contributed by atoms with Crippen LogP contribution in [-0.4, -0.2) is 41.7 Å². The Morgan fingerprint density at radius 3 is 2.50 bits per heavy atom. The Balaban J connectivity index is 1.73. The number of carbonyl (C=O) groups excluding carboxylic acids is 1. The summed E-state index contributed by atoms with van der Waals surface area (Å²) in [5.41, 5.74) is 3.36. The molecule has 2 heterocycles. The number of aryl methyl sites for hydroxylation is 2. The van der Waals surface area contributed by atoms with Crippen LogP contribution in [0.15, 0.2) is 30.3 Å². The van der Waals surface area contributed by atoms with Gasteiger partial charge in [0.05, 0.1) is 23.8 Å². The summed E-state index contributed by atoms with van der Waals surface area (Å²) >= 11 is 13.1. The molecular weight excluding hydrogens is 457 g/mol. The van der Waals surface area contributed by atoms with Crippen molar-refractivity contribution in [3.8, 4) is 0 Å². The van der Waals surface area contributed by atoms with Crippen LogP contribution in [0.3, 0.4) is 0 Å². The van der Waals surface area contributed by atoms with Crippen molar-refractivity contribution >= 4 is 40.0 Å². The zero-order valence-corrected chi connectivity index (χ0v) is 19.7. The van der Waals surface area contributed by atoms with E-state index in [1.54, 1.807) is 17.0 Å². The molecule has 0 N–H and O–H groups in total. The number of alkyl halides is 2. The van der Waals surface area contributed by atoms with Crippen molar-refractivity contribution in [2.75, 3.05) is 26.3 Å². The number of carbonyl (C=O) groups is 1. The first kappa shape index (κ1) is 23.0. The van der Waals surface area contributed by atoms with E-state index in [-0.39, 0.29) is 11.5 Å². The fraction of sp³-hybridized carbons (Fsp3) is 0.375. The molecule has 32 heavy (non-hydrogen) atoms. The van der Waals surface area contributed by atoms with Gasteiger partial charge in [-0.05, 0) is 48.4 Å². The van der Waals surface area contributed by atoms with Gasteiger partial charge in [0.25, 0.3) is 11.8 Å². The van der Waals surface area contributed by atoms with E-state index in [4.69, 9.17) is 27.9 Å². The number of hydrogen-bond acceptors (Lipinski definition) is 2. The number of halogens is 4. The smallest absolute Gasteiger partial charge is 0.270 e. The maximum absolute atomic E-state index is 13.9. The van der Waals surface area contributed by atoms with Crippen LogP contribution in [0.2, 0.25) is 10.0 Å². The predicted molar refractivity (Wildman–Crippen MR) is 123 cm³/mol. The molecule has 0 spiro atoms. The van der Waals surface area contributed by atoms with Gasteiger partial charge in [0.2, 0.25) is 0 Å². The van der Waals surface area contributed by atoms with Crippen molar-refractivity contribution in [2.45, 2.75) is 26.2 Å². The van der Waals surface area contributed by atoms with E-state index in [9.17, 15) is 13.6 Å². The molecule has 0 aliphatic carbocycles. The number of amides is 1. The van der Waals surface area contributed by atoms with Crippen molar-refractivity contribution in [3.63, 3.8) is 0 Å². The third-order valence-corrected chi connectivity index (χ3v) is 6.83. The van der Waals surface area contributed by atoms with Gasteiger partial charge in [0.15, 0.2) is 0 Å². The standard InChI is InChI=1S/C24H24Cl2F2N2O2/c1-14-10-15(24(2,27)28)11-21-18(14)12-16(29(21)3)13-19-20(25)5-4-17(22(19)26)23(31)30-6-8-32-9-7-30/h4-5,10-12H,6-9,13H2,1-3H3. The molecule has 170 valence electrons. The topological polar surface area (TPSA) is 34.5 Å². The maximum atomic E-state index is 13.9. The van der Waals surface area contributed by atoms with Gasteiger partial charge in [-0.25, -0.2) is 8.78 Å². The van der Waals surface area contributed by atoms with Gasteiger partial charge >= 0.3 is 0 Å². The van der Waals surface area contributed by atoms with E-state index in [1.165, 1.54) is 12.1 Å². The highest BCUT2D eigenvalue weighted by molar-refractivity contribution is 6.38. The van der Waals surface area contributed by atoms with Crippen LogP contribution in [-0.2, 0) is 24.1 Å². The highest BCUT2D eigenvalue weighted by Gasteiger charge is 2.27. The first-order chi connectivity index (χ1) is 15.1. The normalized spacial score (nSPS) is 14.9. The Labute approximate surface area is 195 Å². The second-order valence-corrected chi connectivity index (χ2v) is 9.06. The minimum absolute atomic E-state index is 0.0237. The molecule has 1 amide bonds. The Morgan fingerprint density at radius 2 is 1.84 bits per heavy atom. The second kappa shape index (κ2) is 8.65. The summed E-state index contributed by atoms with van der Waals surface area (Å²) in [6, 6.07) is 8.33. The fourth-order valence-corrected chi connectivity index (χ4v) is 4.71. The average molecular weight is 481 g/mol. The summed E-state index contributed by atoms with van der Waals surface area (Å²) < 4.78 is 35.1. The van der Waals surface area contributed by atoms with Gasteiger partial charge in [0, 0.05) is 60.7 Å². The molecule has 0 atom stereocenters. The summed E-state index contributed by atoms with van der Waals surface area (Å²) in [6.45, 7) is 4.74. The van der Waals surface area contributed by atoms with Crippen molar-refractivity contribution in [2.24, 2.45) is 7.05 Å². The molecule has 1 saturated heterocycles. The summed E-state index contributed by atoms with van der Waals surface area (Å²) in [4.78, 5) is 14.7. The van der Waals surface area contributed by atoms with E-state index >= 15 is 0 Å². The zero-order chi connectivity index (χ0) is 23.2. The second-order valence-electron chi connectivity index (χ2n) is 8.28. The van der Waals surface area contributed by atoms with Crippen LogP contribution < -0.4 is 0 Å². The first-order valence-electron chi connectivity index (χ1n) is 10.4. The Morgan fingerprint density at radius 1 is 1.16 bits per heavy atom. The lowest BCUT2D eigenvalue weighted by molar-refractivity contribution is 0.0175. The van der Waals surface area contributed by atoms with E-state index in [1.807, 2.05) is 24.6 Å².